The number of β-amino-alcohol motifs (C(OH)–C–C–N with tert-alkyl or cyclic N) is 1. The molecule has 2 aromatic rings. The van der Waals surface area contributed by atoms with Crippen LogP contribution in [0, 0.1) is 11.8 Å². The van der Waals surface area contributed by atoms with Crippen molar-refractivity contribution >= 4 is 34.2 Å². The predicted octanol–water partition coefficient (Wildman–Crippen LogP) is 1.28. The molecule has 0 saturated carbocycles. The highest BCUT2D eigenvalue weighted by molar-refractivity contribution is 6.04. The van der Waals surface area contributed by atoms with Crippen LogP contribution in [0.1, 0.15) is 19.8 Å². The number of aliphatic hydroxyl groups is 1. The fourth-order valence-corrected chi connectivity index (χ4v) is 6.11. The van der Waals surface area contributed by atoms with E-state index < -0.39 is 29.1 Å². The summed E-state index contributed by atoms with van der Waals surface area (Å²) in [5.74, 6) is -2.36. The molecule has 3 N–H and O–H groups in total. The summed E-state index contributed by atoms with van der Waals surface area (Å²) < 4.78 is 6.43. The number of hydrogen-bond acceptors (Lipinski definition) is 5. The molecule has 5 rings (SSSR count). The molecule has 3 heterocycles. The molecule has 32 heavy (non-hydrogen) atoms. The Kier molecular flexibility index (Phi) is 4.76. The molecule has 5 atom stereocenters. The summed E-state index contributed by atoms with van der Waals surface area (Å²) in [5, 5.41) is 17.3. The monoisotopic (exact) mass is 437 g/mol. The van der Waals surface area contributed by atoms with E-state index in [1.165, 1.54) is 4.90 Å². The number of hydrogen-bond donors (Lipinski definition) is 3. The number of aliphatic hydroxyl groups excluding tert-OH is 1. The average molecular weight is 437 g/mol. The number of benzene rings is 2. The second-order valence-electron chi connectivity index (χ2n) is 9.15. The van der Waals surface area contributed by atoms with E-state index in [0.29, 0.717) is 18.5 Å². The molecule has 0 aliphatic carbocycles. The lowest BCUT2D eigenvalue weighted by atomic mass is 9.66. The first-order valence-electron chi connectivity index (χ1n) is 11.0. The molecule has 8 nitrogen and oxygen atoms in total. The van der Waals surface area contributed by atoms with Gasteiger partial charge < -0.3 is 25.4 Å². The summed E-state index contributed by atoms with van der Waals surface area (Å²) in [6.45, 7) is 1.57. The molecule has 3 aliphatic rings. The van der Waals surface area contributed by atoms with Crippen LogP contribution in [-0.2, 0) is 19.1 Å². The normalized spacial score (nSPS) is 32.9. The zero-order chi connectivity index (χ0) is 22.7. The highest BCUT2D eigenvalue weighted by Crippen LogP contribution is 2.63. The molecular formula is C24H27N3O5. The van der Waals surface area contributed by atoms with Crippen molar-refractivity contribution in [2.45, 2.75) is 37.0 Å². The second-order valence-corrected chi connectivity index (χ2v) is 9.15. The van der Waals surface area contributed by atoms with E-state index in [1.54, 1.807) is 7.05 Å². The van der Waals surface area contributed by atoms with Crippen molar-refractivity contribution in [3.63, 3.8) is 0 Å². The lowest BCUT2D eigenvalue weighted by molar-refractivity contribution is -0.144. The van der Waals surface area contributed by atoms with Crippen molar-refractivity contribution < 1.29 is 24.2 Å². The zero-order valence-corrected chi connectivity index (χ0v) is 18.1. The Morgan fingerprint density at radius 2 is 1.91 bits per heavy atom. The van der Waals surface area contributed by atoms with E-state index in [9.17, 15) is 19.5 Å². The Bertz CT molecular complexity index is 1120. The van der Waals surface area contributed by atoms with Gasteiger partial charge in [0.05, 0.1) is 24.0 Å². The van der Waals surface area contributed by atoms with Gasteiger partial charge >= 0.3 is 0 Å². The minimum absolute atomic E-state index is 0.00737. The van der Waals surface area contributed by atoms with Crippen LogP contribution in [0.4, 0.5) is 5.69 Å². The molecule has 168 valence electrons. The Hall–Kier alpha value is -2.97. The van der Waals surface area contributed by atoms with E-state index in [2.05, 4.69) is 10.6 Å². The van der Waals surface area contributed by atoms with E-state index in [4.69, 9.17) is 4.74 Å². The summed E-state index contributed by atoms with van der Waals surface area (Å²) >= 11 is 0. The molecule has 0 radical (unpaired) electrons. The van der Waals surface area contributed by atoms with Gasteiger partial charge in [0.1, 0.15) is 11.6 Å². The summed E-state index contributed by atoms with van der Waals surface area (Å²) in [5.41, 5.74) is -1.27. The van der Waals surface area contributed by atoms with Gasteiger partial charge in [0, 0.05) is 19.3 Å². The SMILES string of the molecule is CNC(=O)[C@H]1[C@H]2C(=O)N(CCO)C(C(=O)Nc3ccc4ccccc4c3)C23CC[C@]1(C)O3. The number of rotatable bonds is 5. The maximum atomic E-state index is 13.6. The Morgan fingerprint density at radius 3 is 2.62 bits per heavy atom. The Labute approximate surface area is 185 Å². The number of carbonyl (C=O) groups excluding carboxylic acids is 3. The maximum absolute atomic E-state index is 13.6. The molecule has 2 bridgehead atoms. The van der Waals surface area contributed by atoms with Crippen LogP contribution in [0.3, 0.4) is 0 Å². The van der Waals surface area contributed by atoms with Gasteiger partial charge in [-0.3, -0.25) is 14.4 Å². The van der Waals surface area contributed by atoms with Crippen LogP contribution in [0.2, 0.25) is 0 Å². The summed E-state index contributed by atoms with van der Waals surface area (Å²) in [6, 6.07) is 12.6. The third kappa shape index (κ3) is 2.79. The zero-order valence-electron chi connectivity index (χ0n) is 18.1. The smallest absolute Gasteiger partial charge is 0.250 e. The molecule has 3 saturated heterocycles. The highest BCUT2D eigenvalue weighted by Gasteiger charge is 2.77. The Balaban J connectivity index is 1.52. The Morgan fingerprint density at radius 1 is 1.16 bits per heavy atom. The molecule has 3 fully saturated rings. The van der Waals surface area contributed by atoms with Crippen molar-refractivity contribution in [3.8, 4) is 0 Å². The van der Waals surface area contributed by atoms with Crippen LogP contribution >= 0.6 is 0 Å². The fraction of sp³-hybridized carbons (Fsp3) is 0.458. The van der Waals surface area contributed by atoms with Crippen LogP contribution in [0.25, 0.3) is 10.8 Å². The van der Waals surface area contributed by atoms with Gasteiger partial charge in [-0.1, -0.05) is 30.3 Å². The average Bonchev–Trinajstić information content (AvgIpc) is 3.34. The lowest BCUT2D eigenvalue weighted by Crippen LogP contribution is -2.53. The second kappa shape index (κ2) is 7.28. The fourth-order valence-electron chi connectivity index (χ4n) is 6.11. The molecule has 3 amide bonds. The van der Waals surface area contributed by atoms with Crippen molar-refractivity contribution in [2.75, 3.05) is 25.5 Å². The molecule has 2 unspecified atom stereocenters. The van der Waals surface area contributed by atoms with Crippen LogP contribution in [0.5, 0.6) is 0 Å². The third-order valence-corrected chi connectivity index (χ3v) is 7.41. The molecule has 3 aliphatic heterocycles. The number of ether oxygens (including phenoxy) is 1. The molecular weight excluding hydrogens is 410 g/mol. The van der Waals surface area contributed by atoms with Crippen LogP contribution in [0.15, 0.2) is 42.5 Å². The molecule has 8 heteroatoms. The maximum Gasteiger partial charge on any atom is 0.250 e. The van der Waals surface area contributed by atoms with E-state index in [1.807, 2.05) is 49.4 Å². The number of fused-ring (bicyclic) bond motifs is 2. The first-order chi connectivity index (χ1) is 15.3. The van der Waals surface area contributed by atoms with Gasteiger partial charge in [-0.05, 0) is 42.7 Å². The predicted molar refractivity (Wildman–Crippen MR) is 118 cm³/mol. The van der Waals surface area contributed by atoms with E-state index in [0.717, 1.165) is 10.8 Å². The molecule has 1 spiro atoms. The van der Waals surface area contributed by atoms with Crippen molar-refractivity contribution in [3.05, 3.63) is 42.5 Å². The van der Waals surface area contributed by atoms with Gasteiger partial charge in [-0.15, -0.1) is 0 Å². The first kappa shape index (κ1) is 20.9. The van der Waals surface area contributed by atoms with Crippen molar-refractivity contribution in [1.29, 1.82) is 0 Å². The number of nitrogens with one attached hydrogen (secondary N) is 2. The highest BCUT2D eigenvalue weighted by atomic mass is 16.5. The molecule has 2 aromatic carbocycles. The first-order valence-corrected chi connectivity index (χ1v) is 11.0. The van der Waals surface area contributed by atoms with Gasteiger partial charge in [0.25, 0.3) is 0 Å². The molecule has 0 aromatic heterocycles. The summed E-state index contributed by atoms with van der Waals surface area (Å²) in [6.07, 6.45) is 1.09. The standard InChI is InChI=1S/C24H27N3O5/c1-23-9-10-24(32-23)18(17(23)20(29)25-2)22(31)27(11-12-28)19(24)21(30)26-16-8-7-14-5-3-4-6-15(14)13-16/h3-8,13,17-19,28H,9-12H2,1-2H3,(H,25,29)(H,26,30)/t17-,18+,19?,23+,24?/m1/s1. The largest absolute Gasteiger partial charge is 0.395 e. The number of nitrogens with zero attached hydrogens (tertiary/aromatic N) is 1. The van der Waals surface area contributed by atoms with Crippen molar-refractivity contribution in [1.82, 2.24) is 10.2 Å². The number of anilines is 1. The third-order valence-electron chi connectivity index (χ3n) is 7.41. The van der Waals surface area contributed by atoms with E-state index >= 15 is 0 Å². The summed E-state index contributed by atoms with van der Waals surface area (Å²) in [7, 11) is 1.54. The van der Waals surface area contributed by atoms with Gasteiger partial charge in [0.15, 0.2) is 0 Å². The number of carbonyl (C=O) groups is 3. The minimum Gasteiger partial charge on any atom is -0.395 e. The van der Waals surface area contributed by atoms with Gasteiger partial charge in [-0.2, -0.15) is 0 Å². The van der Waals surface area contributed by atoms with Crippen LogP contribution in [-0.4, -0.2) is 65.2 Å². The lowest BCUT2D eigenvalue weighted by Gasteiger charge is -2.33. The number of likely N-dealkylation sites (tertiary alicyclic amines) is 1. The number of amides is 3. The van der Waals surface area contributed by atoms with E-state index in [-0.39, 0.29) is 30.9 Å². The van der Waals surface area contributed by atoms with Crippen LogP contribution < -0.4 is 10.6 Å². The topological polar surface area (TPSA) is 108 Å². The summed E-state index contributed by atoms with van der Waals surface area (Å²) in [4.78, 5) is 41.2. The van der Waals surface area contributed by atoms with Gasteiger partial charge in [0.2, 0.25) is 17.7 Å². The van der Waals surface area contributed by atoms with Gasteiger partial charge in [-0.25, -0.2) is 0 Å². The van der Waals surface area contributed by atoms with Crippen molar-refractivity contribution in [2.24, 2.45) is 11.8 Å². The minimum atomic E-state index is -1.08. The quantitative estimate of drug-likeness (QED) is 0.653.